The molecule has 1 fully saturated rings. The maximum Gasteiger partial charge on any atom is 0.107 e. The molecule has 0 spiro atoms. The van der Waals surface area contributed by atoms with Crippen LogP contribution in [-0.2, 0) is 6.54 Å². The van der Waals surface area contributed by atoms with Crippen molar-refractivity contribution in [3.63, 3.8) is 0 Å². The summed E-state index contributed by atoms with van der Waals surface area (Å²) in [6.45, 7) is 14.5. The zero-order valence-electron chi connectivity index (χ0n) is 12.9. The monoisotopic (exact) mass is 281 g/mol. The first kappa shape index (κ1) is 14.9. The van der Waals surface area contributed by atoms with E-state index in [4.69, 9.17) is 0 Å². The summed E-state index contributed by atoms with van der Waals surface area (Å²) in [5.74, 6) is 0.761. The van der Waals surface area contributed by atoms with E-state index in [9.17, 15) is 0 Å². The van der Waals surface area contributed by atoms with Crippen LogP contribution in [0.3, 0.4) is 0 Å². The topological polar surface area (TPSA) is 28.2 Å². The largest absolute Gasteiger partial charge is 0.311 e. The Morgan fingerprint density at radius 2 is 2.16 bits per heavy atom. The Labute approximate surface area is 121 Å². The van der Waals surface area contributed by atoms with Crippen LogP contribution >= 0.6 is 11.3 Å². The van der Waals surface area contributed by atoms with Crippen LogP contribution in [-0.4, -0.2) is 35.1 Å². The Kier molecular flexibility index (Phi) is 4.98. The third kappa shape index (κ3) is 4.01. The molecular weight excluding hydrogens is 254 g/mol. The van der Waals surface area contributed by atoms with E-state index < -0.39 is 0 Å². The molecule has 0 bridgehead atoms. The zero-order chi connectivity index (χ0) is 14.0. The van der Waals surface area contributed by atoms with Crippen molar-refractivity contribution in [2.24, 2.45) is 5.92 Å². The van der Waals surface area contributed by atoms with Gasteiger partial charge in [0.1, 0.15) is 5.01 Å². The van der Waals surface area contributed by atoms with Gasteiger partial charge in [0, 0.05) is 30.1 Å². The third-order valence-corrected chi connectivity index (χ3v) is 5.00. The molecule has 0 radical (unpaired) electrons. The molecule has 1 aliphatic heterocycles. The van der Waals surface area contributed by atoms with Crippen molar-refractivity contribution in [2.45, 2.75) is 59.7 Å². The zero-order valence-corrected chi connectivity index (χ0v) is 13.7. The normalized spacial score (nSPS) is 25.2. The highest BCUT2D eigenvalue weighted by atomic mass is 32.1. The summed E-state index contributed by atoms with van der Waals surface area (Å²) in [5.41, 5.74) is 1.20. The van der Waals surface area contributed by atoms with Gasteiger partial charge in [-0.15, -0.1) is 11.3 Å². The van der Waals surface area contributed by atoms with E-state index in [0.717, 1.165) is 25.6 Å². The van der Waals surface area contributed by atoms with Gasteiger partial charge in [0.05, 0.1) is 12.2 Å². The van der Waals surface area contributed by atoms with Gasteiger partial charge in [0.2, 0.25) is 0 Å². The fraction of sp³-hybridized carbons (Fsp3) is 0.800. The number of aryl methyl sites for hydroxylation is 2. The number of hydrogen-bond donors (Lipinski definition) is 1. The molecule has 1 saturated heterocycles. The fourth-order valence-corrected chi connectivity index (χ4v) is 3.68. The summed E-state index contributed by atoms with van der Waals surface area (Å²) >= 11 is 1.85. The average molecular weight is 281 g/mol. The number of nitrogens with zero attached hydrogens (tertiary/aromatic N) is 2. The van der Waals surface area contributed by atoms with Crippen molar-refractivity contribution in [3.05, 3.63) is 15.6 Å². The van der Waals surface area contributed by atoms with Crippen molar-refractivity contribution in [3.8, 4) is 0 Å². The minimum absolute atomic E-state index is 0.605. The summed E-state index contributed by atoms with van der Waals surface area (Å²) in [5, 5.41) is 4.94. The molecule has 0 aliphatic carbocycles. The Balaban J connectivity index is 1.97. The predicted octanol–water partition coefficient (Wildman–Crippen LogP) is 2.97. The summed E-state index contributed by atoms with van der Waals surface area (Å²) < 4.78 is 0. The van der Waals surface area contributed by atoms with Gasteiger partial charge in [0.15, 0.2) is 0 Å². The summed E-state index contributed by atoms with van der Waals surface area (Å²) in [7, 11) is 0. The lowest BCUT2D eigenvalue weighted by molar-refractivity contribution is 0.124. The second-order valence-corrected chi connectivity index (χ2v) is 7.55. The smallest absolute Gasteiger partial charge is 0.107 e. The molecule has 2 atom stereocenters. The second kappa shape index (κ2) is 6.33. The fourth-order valence-electron chi connectivity index (χ4n) is 2.72. The van der Waals surface area contributed by atoms with Crippen molar-refractivity contribution >= 4 is 11.3 Å². The number of hydrogen-bond acceptors (Lipinski definition) is 4. The molecule has 0 aromatic carbocycles. The highest BCUT2D eigenvalue weighted by Gasteiger charge is 2.26. The van der Waals surface area contributed by atoms with Crippen molar-refractivity contribution in [1.29, 1.82) is 0 Å². The minimum Gasteiger partial charge on any atom is -0.311 e. The quantitative estimate of drug-likeness (QED) is 0.919. The molecular formula is C15H27N3S. The number of nitrogens with one attached hydrogen (secondary N) is 1. The molecule has 0 amide bonds. The number of piperazine rings is 1. The van der Waals surface area contributed by atoms with Crippen LogP contribution in [0.25, 0.3) is 0 Å². The molecule has 3 nitrogen and oxygen atoms in total. The molecule has 1 N–H and O–H groups in total. The van der Waals surface area contributed by atoms with Gasteiger partial charge < -0.3 is 5.32 Å². The van der Waals surface area contributed by atoms with Crippen molar-refractivity contribution in [2.75, 3.05) is 13.1 Å². The van der Waals surface area contributed by atoms with Gasteiger partial charge in [-0.2, -0.15) is 0 Å². The summed E-state index contributed by atoms with van der Waals surface area (Å²) in [4.78, 5) is 8.62. The van der Waals surface area contributed by atoms with Crippen LogP contribution in [0.1, 0.15) is 42.8 Å². The van der Waals surface area contributed by atoms with Crippen molar-refractivity contribution < 1.29 is 0 Å². The maximum atomic E-state index is 4.68. The van der Waals surface area contributed by atoms with E-state index in [1.54, 1.807) is 0 Å². The first-order valence-corrected chi connectivity index (χ1v) is 8.17. The van der Waals surface area contributed by atoms with Crippen LogP contribution in [0, 0.1) is 19.8 Å². The van der Waals surface area contributed by atoms with E-state index in [0.29, 0.717) is 12.1 Å². The Bertz CT molecular complexity index is 394. The van der Waals surface area contributed by atoms with E-state index in [2.05, 4.69) is 49.8 Å². The molecule has 1 aromatic rings. The molecule has 108 valence electrons. The van der Waals surface area contributed by atoms with Crippen LogP contribution < -0.4 is 5.32 Å². The van der Waals surface area contributed by atoms with Gasteiger partial charge in [-0.1, -0.05) is 13.8 Å². The van der Waals surface area contributed by atoms with Crippen molar-refractivity contribution in [1.82, 2.24) is 15.2 Å². The van der Waals surface area contributed by atoms with Gasteiger partial charge >= 0.3 is 0 Å². The van der Waals surface area contributed by atoms with Gasteiger partial charge in [-0.25, -0.2) is 4.98 Å². The molecule has 4 heteroatoms. The Hall–Kier alpha value is -0.450. The predicted molar refractivity (Wildman–Crippen MR) is 82.7 cm³/mol. The lowest BCUT2D eigenvalue weighted by Crippen LogP contribution is -2.55. The second-order valence-electron chi connectivity index (χ2n) is 6.26. The first-order chi connectivity index (χ1) is 8.95. The molecule has 19 heavy (non-hydrogen) atoms. The molecule has 2 unspecified atom stereocenters. The highest BCUT2D eigenvalue weighted by Crippen LogP contribution is 2.21. The summed E-state index contributed by atoms with van der Waals surface area (Å²) in [6.07, 6.45) is 1.26. The first-order valence-electron chi connectivity index (χ1n) is 7.36. The van der Waals surface area contributed by atoms with E-state index in [1.165, 1.54) is 22.0 Å². The number of thiazole rings is 1. The standard InChI is InChI=1S/C15H27N3S/c1-10(2)6-14-8-18(11(3)7-16-14)9-15-17-12(4)13(5)19-15/h10-11,14,16H,6-9H2,1-5H3. The van der Waals surface area contributed by atoms with Crippen LogP contribution in [0.15, 0.2) is 0 Å². The SMILES string of the molecule is Cc1nc(CN2CC(CC(C)C)NCC2C)sc1C. The van der Waals surface area contributed by atoms with Gasteiger partial charge in [0.25, 0.3) is 0 Å². The minimum atomic E-state index is 0.605. The molecule has 0 saturated carbocycles. The van der Waals surface area contributed by atoms with Crippen LogP contribution in [0.4, 0.5) is 0 Å². The Morgan fingerprint density at radius 1 is 1.42 bits per heavy atom. The van der Waals surface area contributed by atoms with E-state index >= 15 is 0 Å². The maximum absolute atomic E-state index is 4.68. The van der Waals surface area contributed by atoms with E-state index in [1.807, 2.05) is 11.3 Å². The van der Waals surface area contributed by atoms with E-state index in [-0.39, 0.29) is 0 Å². The van der Waals surface area contributed by atoms with Crippen LogP contribution in [0.5, 0.6) is 0 Å². The van der Waals surface area contributed by atoms with Gasteiger partial charge in [-0.05, 0) is 33.1 Å². The Morgan fingerprint density at radius 3 is 2.74 bits per heavy atom. The number of rotatable bonds is 4. The lowest BCUT2D eigenvalue weighted by atomic mass is 10.0. The molecule has 2 heterocycles. The summed E-state index contributed by atoms with van der Waals surface area (Å²) in [6, 6.07) is 1.24. The highest BCUT2D eigenvalue weighted by molar-refractivity contribution is 7.11. The number of aromatic nitrogens is 1. The molecule has 1 aromatic heterocycles. The molecule has 2 rings (SSSR count). The van der Waals surface area contributed by atoms with Gasteiger partial charge in [-0.3, -0.25) is 4.90 Å². The molecule has 1 aliphatic rings. The lowest BCUT2D eigenvalue weighted by Gasteiger charge is -2.39. The third-order valence-electron chi connectivity index (χ3n) is 3.95. The van der Waals surface area contributed by atoms with Crippen LogP contribution in [0.2, 0.25) is 0 Å². The average Bonchev–Trinajstić information content (AvgIpc) is 2.62.